The Morgan fingerprint density at radius 2 is 2.06 bits per heavy atom. The molecule has 0 aliphatic heterocycles. The predicted molar refractivity (Wildman–Crippen MR) is 118 cm³/mol. The maximum Gasteiger partial charge on any atom is 0.279 e. The number of hydrogen-bond donors (Lipinski definition) is 4. The van der Waals surface area contributed by atoms with Gasteiger partial charge in [-0.25, -0.2) is 21.1 Å². The maximum atomic E-state index is 11.8. The zero-order chi connectivity index (χ0) is 21.8. The minimum Gasteiger partial charge on any atom is -0.381 e. The van der Waals surface area contributed by atoms with Crippen LogP contribution in [0, 0.1) is 0 Å². The smallest absolute Gasteiger partial charge is 0.279 e. The molecule has 0 aliphatic rings. The van der Waals surface area contributed by atoms with Crippen molar-refractivity contribution in [3.8, 4) is 0 Å². The number of H-pyrrole nitrogens is 1. The van der Waals surface area contributed by atoms with Gasteiger partial charge in [-0.2, -0.15) is 4.98 Å². The number of hydrogen-bond acceptors (Lipinski definition) is 8. The molecule has 0 saturated heterocycles. The summed E-state index contributed by atoms with van der Waals surface area (Å²) in [5, 5.41) is 8.13. The molecule has 3 aromatic heterocycles. The van der Waals surface area contributed by atoms with E-state index in [0.717, 1.165) is 16.5 Å². The first-order chi connectivity index (χ1) is 15.0. The molecule has 10 heteroatoms. The van der Waals surface area contributed by atoms with Crippen LogP contribution in [0.3, 0.4) is 0 Å². The van der Waals surface area contributed by atoms with Crippen LogP contribution in [0.1, 0.15) is 15.9 Å². The number of amides is 1. The van der Waals surface area contributed by atoms with Gasteiger partial charge < -0.3 is 11.1 Å². The van der Waals surface area contributed by atoms with E-state index in [1.54, 1.807) is 31.6 Å². The van der Waals surface area contributed by atoms with Gasteiger partial charge in [0.15, 0.2) is 11.6 Å². The van der Waals surface area contributed by atoms with Crippen molar-refractivity contribution in [1.82, 2.24) is 20.3 Å². The van der Waals surface area contributed by atoms with Gasteiger partial charge in [-0.3, -0.25) is 14.8 Å². The van der Waals surface area contributed by atoms with Crippen molar-refractivity contribution in [3.63, 3.8) is 0 Å². The van der Waals surface area contributed by atoms with E-state index < -0.39 is 0 Å². The van der Waals surface area contributed by atoms with Crippen LogP contribution in [0.5, 0.6) is 0 Å². The van der Waals surface area contributed by atoms with Crippen molar-refractivity contribution in [2.75, 3.05) is 23.1 Å². The van der Waals surface area contributed by atoms with E-state index in [0.29, 0.717) is 29.6 Å². The van der Waals surface area contributed by atoms with Gasteiger partial charge in [-0.1, -0.05) is 12.1 Å². The van der Waals surface area contributed by atoms with Gasteiger partial charge >= 0.3 is 0 Å². The number of nitrogens with one attached hydrogen (secondary N) is 3. The Morgan fingerprint density at radius 1 is 1.19 bits per heavy atom. The van der Waals surface area contributed by atoms with Gasteiger partial charge in [0, 0.05) is 24.7 Å². The summed E-state index contributed by atoms with van der Waals surface area (Å²) in [6, 6.07) is 13.1. The van der Waals surface area contributed by atoms with Gasteiger partial charge in [0.1, 0.15) is 0 Å². The Bertz CT molecular complexity index is 1240. The Kier molecular flexibility index (Phi) is 5.54. The first kappa shape index (κ1) is 20.0. The van der Waals surface area contributed by atoms with E-state index in [-0.39, 0.29) is 11.7 Å². The molecule has 0 fully saturated rings. The third kappa shape index (κ3) is 4.49. The van der Waals surface area contributed by atoms with Crippen molar-refractivity contribution in [2.45, 2.75) is 6.54 Å². The summed E-state index contributed by atoms with van der Waals surface area (Å²) in [6.07, 6.45) is 4.91. The summed E-state index contributed by atoms with van der Waals surface area (Å²) in [6.45, 7) is 0.380. The SMILES string of the molecule is CNC(=O)c1cc[nH+]c(Nc2cnc(N)c(N(N)Cc3ccc4ncccc4c3)n2)c1. The third-order valence-electron chi connectivity index (χ3n) is 4.63. The number of rotatable bonds is 6. The lowest BCUT2D eigenvalue weighted by atomic mass is 10.1. The zero-order valence-corrected chi connectivity index (χ0v) is 16.8. The zero-order valence-electron chi connectivity index (χ0n) is 16.8. The van der Waals surface area contributed by atoms with Crippen LogP contribution in [0.4, 0.5) is 23.3 Å². The monoisotopic (exact) mass is 416 g/mol. The first-order valence-corrected chi connectivity index (χ1v) is 9.53. The highest BCUT2D eigenvalue weighted by molar-refractivity contribution is 5.94. The molecule has 31 heavy (non-hydrogen) atoms. The summed E-state index contributed by atoms with van der Waals surface area (Å²) in [5.41, 5.74) is 8.41. The number of aromatic nitrogens is 4. The largest absolute Gasteiger partial charge is 0.381 e. The molecule has 4 aromatic rings. The predicted octanol–water partition coefficient (Wildman–Crippen LogP) is 1.40. The molecule has 3 heterocycles. The molecular formula is C21H22N9O+. The Balaban J connectivity index is 1.54. The fraction of sp³-hybridized carbons (Fsp3) is 0.0952. The highest BCUT2D eigenvalue weighted by Gasteiger charge is 2.15. The maximum absolute atomic E-state index is 11.8. The van der Waals surface area contributed by atoms with Crippen LogP contribution in [-0.4, -0.2) is 27.9 Å². The van der Waals surface area contributed by atoms with E-state index in [4.69, 9.17) is 11.6 Å². The van der Waals surface area contributed by atoms with E-state index >= 15 is 0 Å². The molecule has 0 atom stereocenters. The Labute approximate surface area is 178 Å². The summed E-state index contributed by atoms with van der Waals surface area (Å²) >= 11 is 0. The molecule has 0 unspecified atom stereocenters. The van der Waals surface area contributed by atoms with E-state index in [1.807, 2.05) is 30.3 Å². The normalized spacial score (nSPS) is 10.6. The third-order valence-corrected chi connectivity index (χ3v) is 4.63. The van der Waals surface area contributed by atoms with Gasteiger partial charge in [-0.05, 0) is 29.8 Å². The minimum atomic E-state index is -0.195. The van der Waals surface area contributed by atoms with E-state index in [2.05, 4.69) is 30.6 Å². The lowest BCUT2D eigenvalue weighted by Crippen LogP contribution is -2.32. The van der Waals surface area contributed by atoms with Crippen LogP contribution < -0.4 is 32.2 Å². The number of fused-ring (bicyclic) bond motifs is 1. The lowest BCUT2D eigenvalue weighted by Gasteiger charge is -2.19. The molecule has 0 aliphatic carbocycles. The number of hydrazine groups is 1. The number of nitrogens with two attached hydrogens (primary N) is 2. The molecule has 0 spiro atoms. The summed E-state index contributed by atoms with van der Waals surface area (Å²) in [4.78, 5) is 27.9. The second-order valence-corrected chi connectivity index (χ2v) is 6.82. The van der Waals surface area contributed by atoms with Crippen molar-refractivity contribution >= 4 is 40.1 Å². The molecule has 156 valence electrons. The van der Waals surface area contributed by atoms with Crippen molar-refractivity contribution in [2.24, 2.45) is 5.84 Å². The average molecular weight is 416 g/mol. The number of nitrogen functional groups attached to an aromatic ring is 1. The Morgan fingerprint density at radius 3 is 2.90 bits per heavy atom. The fourth-order valence-corrected chi connectivity index (χ4v) is 3.12. The number of carbonyl (C=O) groups is 1. The van der Waals surface area contributed by atoms with Gasteiger partial charge in [0.05, 0.1) is 30.0 Å². The molecule has 4 rings (SSSR count). The molecule has 7 N–H and O–H groups in total. The molecular weight excluding hydrogens is 394 g/mol. The molecule has 10 nitrogen and oxygen atoms in total. The van der Waals surface area contributed by atoms with Crippen molar-refractivity contribution in [3.05, 3.63) is 72.2 Å². The van der Waals surface area contributed by atoms with E-state index in [9.17, 15) is 4.79 Å². The molecule has 0 saturated carbocycles. The highest BCUT2D eigenvalue weighted by Crippen LogP contribution is 2.22. The number of nitrogens with zero attached hydrogens (tertiary/aromatic N) is 4. The second kappa shape index (κ2) is 8.59. The molecule has 0 radical (unpaired) electrons. The number of anilines is 4. The average Bonchev–Trinajstić information content (AvgIpc) is 2.80. The van der Waals surface area contributed by atoms with Crippen LogP contribution in [0.2, 0.25) is 0 Å². The number of carbonyl (C=O) groups excluding carboxylic acids is 1. The lowest BCUT2D eigenvalue weighted by molar-refractivity contribution is -0.360. The van der Waals surface area contributed by atoms with Crippen LogP contribution in [0.25, 0.3) is 10.9 Å². The summed E-state index contributed by atoms with van der Waals surface area (Å²) in [5.74, 6) is 7.60. The number of pyridine rings is 2. The molecule has 0 bridgehead atoms. The first-order valence-electron chi connectivity index (χ1n) is 9.53. The van der Waals surface area contributed by atoms with Crippen molar-refractivity contribution < 1.29 is 9.78 Å². The Hall–Kier alpha value is -4.31. The molecule has 1 amide bonds. The fourth-order valence-electron chi connectivity index (χ4n) is 3.12. The molecule has 1 aromatic carbocycles. The summed E-state index contributed by atoms with van der Waals surface area (Å²) in [7, 11) is 1.58. The van der Waals surface area contributed by atoms with Crippen LogP contribution in [-0.2, 0) is 6.54 Å². The summed E-state index contributed by atoms with van der Waals surface area (Å²) < 4.78 is 0. The topological polar surface area (TPSA) is 149 Å². The number of benzene rings is 1. The quantitative estimate of drug-likeness (QED) is 0.272. The standard InChI is InChI=1S/C21H21N9O/c1-24-21(31)15-6-8-26-17(10-15)28-18-11-27-19(22)20(29-18)30(23)12-13-4-5-16-14(9-13)3-2-7-25-16/h2-11H,12,23H2,1H3,(H2,22,27)(H,24,31)(H,26,28,29)/p+1. The van der Waals surface area contributed by atoms with Gasteiger partial charge in [-0.15, -0.1) is 0 Å². The van der Waals surface area contributed by atoms with Crippen LogP contribution >= 0.6 is 0 Å². The van der Waals surface area contributed by atoms with Gasteiger partial charge in [0.25, 0.3) is 11.7 Å². The second-order valence-electron chi connectivity index (χ2n) is 6.82. The minimum absolute atomic E-state index is 0.195. The van der Waals surface area contributed by atoms with Gasteiger partial charge in [0.2, 0.25) is 5.82 Å². The van der Waals surface area contributed by atoms with E-state index in [1.165, 1.54) is 11.2 Å². The van der Waals surface area contributed by atoms with Crippen LogP contribution in [0.15, 0.2) is 61.1 Å². The van der Waals surface area contributed by atoms with Crippen molar-refractivity contribution in [1.29, 1.82) is 0 Å². The number of aromatic amines is 1. The highest BCUT2D eigenvalue weighted by atomic mass is 16.1.